The molecular formula is C23H35N7O. The van der Waals surface area contributed by atoms with E-state index in [9.17, 15) is 0 Å². The summed E-state index contributed by atoms with van der Waals surface area (Å²) in [5, 5.41) is 15.4. The quantitative estimate of drug-likeness (QED) is 0.524. The molecule has 1 saturated carbocycles. The summed E-state index contributed by atoms with van der Waals surface area (Å²) in [6.07, 6.45) is 8.16. The first-order valence-electron chi connectivity index (χ1n) is 11.6. The van der Waals surface area contributed by atoms with Gasteiger partial charge in [-0.1, -0.05) is 37.5 Å². The third kappa shape index (κ3) is 5.43. The Morgan fingerprint density at radius 3 is 2.61 bits per heavy atom. The minimum Gasteiger partial charge on any atom is -0.379 e. The minimum atomic E-state index is 0.197. The lowest BCUT2D eigenvalue weighted by Crippen LogP contribution is -2.60. The van der Waals surface area contributed by atoms with Crippen molar-refractivity contribution >= 4 is 5.96 Å². The fourth-order valence-corrected chi connectivity index (χ4v) is 4.76. The van der Waals surface area contributed by atoms with Gasteiger partial charge in [-0.05, 0) is 31.9 Å². The Labute approximate surface area is 185 Å². The normalized spacial score (nSPS) is 19.8. The first-order chi connectivity index (χ1) is 15.3. The number of aromatic nitrogens is 3. The van der Waals surface area contributed by atoms with Gasteiger partial charge in [0.05, 0.1) is 13.2 Å². The van der Waals surface area contributed by atoms with Crippen molar-refractivity contribution in [1.82, 2.24) is 30.3 Å². The predicted molar refractivity (Wildman–Crippen MR) is 122 cm³/mol. The summed E-state index contributed by atoms with van der Waals surface area (Å²) in [4.78, 5) is 7.48. The molecule has 0 bridgehead atoms. The van der Waals surface area contributed by atoms with Crippen molar-refractivity contribution in [3.63, 3.8) is 0 Å². The number of morpholine rings is 1. The van der Waals surface area contributed by atoms with Gasteiger partial charge in [-0.3, -0.25) is 9.47 Å². The number of hydrogen-bond acceptors (Lipinski definition) is 5. The van der Waals surface area contributed by atoms with Crippen LogP contribution in [0, 0.1) is 0 Å². The van der Waals surface area contributed by atoms with Crippen LogP contribution in [0.3, 0.4) is 0 Å². The zero-order valence-electron chi connectivity index (χ0n) is 18.6. The molecular weight excluding hydrogens is 390 g/mol. The maximum Gasteiger partial charge on any atom is 0.191 e. The maximum absolute atomic E-state index is 5.61. The first kappa shape index (κ1) is 21.8. The van der Waals surface area contributed by atoms with Gasteiger partial charge in [0, 0.05) is 37.4 Å². The van der Waals surface area contributed by atoms with Crippen LogP contribution in [-0.4, -0.2) is 70.6 Å². The van der Waals surface area contributed by atoms with Crippen LogP contribution in [0.25, 0.3) is 5.69 Å². The topological polar surface area (TPSA) is 79.6 Å². The molecule has 1 aromatic heterocycles. The number of nitrogens with zero attached hydrogens (tertiary/aromatic N) is 5. The van der Waals surface area contributed by atoms with Gasteiger partial charge in [0.2, 0.25) is 0 Å². The molecule has 168 valence electrons. The second kappa shape index (κ2) is 10.7. The van der Waals surface area contributed by atoms with Crippen molar-refractivity contribution < 1.29 is 4.74 Å². The standard InChI is InChI=1S/C23H35N7O/c1-2-24-22(25-17-21-28-27-19-30(21)20-9-5-3-6-10-20)26-18-23(11-7-4-8-12-23)29-13-15-31-16-14-29/h3,5-6,9-10,19H,2,4,7-8,11-18H2,1H3,(H2,24,25,26). The van der Waals surface area contributed by atoms with Crippen LogP contribution in [-0.2, 0) is 11.3 Å². The number of ether oxygens (including phenoxy) is 1. The van der Waals surface area contributed by atoms with Gasteiger partial charge in [-0.25, -0.2) is 4.99 Å². The van der Waals surface area contributed by atoms with E-state index in [1.54, 1.807) is 6.33 Å². The lowest BCUT2D eigenvalue weighted by atomic mass is 9.80. The Kier molecular flexibility index (Phi) is 7.53. The van der Waals surface area contributed by atoms with Crippen molar-refractivity contribution in [3.05, 3.63) is 42.5 Å². The Balaban J connectivity index is 1.45. The second-order valence-corrected chi connectivity index (χ2v) is 8.39. The zero-order chi connectivity index (χ0) is 21.4. The second-order valence-electron chi connectivity index (χ2n) is 8.39. The largest absolute Gasteiger partial charge is 0.379 e. The van der Waals surface area contributed by atoms with Gasteiger partial charge in [-0.15, -0.1) is 10.2 Å². The van der Waals surface area contributed by atoms with E-state index in [4.69, 9.17) is 9.73 Å². The molecule has 8 heteroatoms. The average Bonchev–Trinajstić information content (AvgIpc) is 3.31. The first-order valence-corrected chi connectivity index (χ1v) is 11.6. The van der Waals surface area contributed by atoms with E-state index < -0.39 is 0 Å². The summed E-state index contributed by atoms with van der Waals surface area (Å²) in [6, 6.07) is 10.1. The number of guanidine groups is 1. The molecule has 1 aliphatic heterocycles. The van der Waals surface area contributed by atoms with Crippen molar-refractivity contribution in [1.29, 1.82) is 0 Å². The van der Waals surface area contributed by atoms with E-state index in [0.29, 0.717) is 6.54 Å². The number of hydrogen-bond donors (Lipinski definition) is 2. The lowest BCUT2D eigenvalue weighted by Gasteiger charge is -2.48. The SMILES string of the molecule is CCNC(=NCc1nncn1-c1ccccc1)NCC1(N2CCOCC2)CCCCC1. The molecule has 1 aromatic carbocycles. The summed E-state index contributed by atoms with van der Waals surface area (Å²) in [5.74, 6) is 1.66. The van der Waals surface area contributed by atoms with E-state index in [2.05, 4.69) is 44.8 Å². The Bertz CT molecular complexity index is 823. The molecule has 0 spiro atoms. The molecule has 8 nitrogen and oxygen atoms in total. The molecule has 4 rings (SSSR count). The molecule has 0 amide bonds. The highest BCUT2D eigenvalue weighted by atomic mass is 16.5. The highest BCUT2D eigenvalue weighted by Gasteiger charge is 2.38. The van der Waals surface area contributed by atoms with Crippen LogP contribution in [0.4, 0.5) is 0 Å². The van der Waals surface area contributed by atoms with Gasteiger partial charge in [0.15, 0.2) is 11.8 Å². The fourth-order valence-electron chi connectivity index (χ4n) is 4.76. The van der Waals surface area contributed by atoms with Gasteiger partial charge >= 0.3 is 0 Å². The molecule has 0 atom stereocenters. The van der Waals surface area contributed by atoms with Crippen LogP contribution in [0.2, 0.25) is 0 Å². The molecule has 31 heavy (non-hydrogen) atoms. The molecule has 0 radical (unpaired) electrons. The molecule has 2 aromatic rings. The van der Waals surface area contributed by atoms with E-state index >= 15 is 0 Å². The molecule has 2 N–H and O–H groups in total. The summed E-state index contributed by atoms with van der Waals surface area (Å²) in [5.41, 5.74) is 1.24. The predicted octanol–water partition coefficient (Wildman–Crippen LogP) is 2.36. The third-order valence-corrected chi connectivity index (χ3v) is 6.43. The number of nitrogens with one attached hydrogen (secondary N) is 2. The van der Waals surface area contributed by atoms with Crippen LogP contribution >= 0.6 is 0 Å². The lowest BCUT2D eigenvalue weighted by molar-refractivity contribution is -0.0352. The maximum atomic E-state index is 5.61. The van der Waals surface area contributed by atoms with Crippen molar-refractivity contribution in [3.8, 4) is 5.69 Å². The van der Waals surface area contributed by atoms with Gasteiger partial charge in [0.25, 0.3) is 0 Å². The summed E-state index contributed by atoms with van der Waals surface area (Å²) < 4.78 is 7.60. The molecule has 0 unspecified atom stereocenters. The van der Waals surface area contributed by atoms with E-state index in [0.717, 1.165) is 56.9 Å². The molecule has 1 saturated heterocycles. The van der Waals surface area contributed by atoms with Gasteiger partial charge in [-0.2, -0.15) is 0 Å². The summed E-state index contributed by atoms with van der Waals surface area (Å²) in [7, 11) is 0. The van der Waals surface area contributed by atoms with Gasteiger partial charge < -0.3 is 15.4 Å². The molecule has 2 aliphatic rings. The fraction of sp³-hybridized carbons (Fsp3) is 0.609. The average molecular weight is 426 g/mol. The van der Waals surface area contributed by atoms with Crippen LogP contribution < -0.4 is 10.6 Å². The van der Waals surface area contributed by atoms with Gasteiger partial charge in [0.1, 0.15) is 12.9 Å². The minimum absolute atomic E-state index is 0.197. The van der Waals surface area contributed by atoms with Crippen molar-refractivity contribution in [2.45, 2.75) is 51.1 Å². The van der Waals surface area contributed by atoms with Crippen LogP contribution in [0.1, 0.15) is 44.9 Å². The number of rotatable bonds is 7. The highest BCUT2D eigenvalue weighted by molar-refractivity contribution is 5.79. The Morgan fingerprint density at radius 1 is 1.10 bits per heavy atom. The summed E-state index contributed by atoms with van der Waals surface area (Å²) >= 11 is 0. The van der Waals surface area contributed by atoms with Crippen LogP contribution in [0.15, 0.2) is 41.7 Å². The number of para-hydroxylation sites is 1. The monoisotopic (exact) mass is 425 g/mol. The Morgan fingerprint density at radius 2 is 1.87 bits per heavy atom. The molecule has 2 fully saturated rings. The van der Waals surface area contributed by atoms with Crippen molar-refractivity contribution in [2.75, 3.05) is 39.4 Å². The smallest absolute Gasteiger partial charge is 0.191 e. The molecule has 2 heterocycles. The van der Waals surface area contributed by atoms with E-state index in [-0.39, 0.29) is 5.54 Å². The number of aliphatic imine (C=N–C) groups is 1. The third-order valence-electron chi connectivity index (χ3n) is 6.43. The van der Waals surface area contributed by atoms with Crippen molar-refractivity contribution in [2.24, 2.45) is 4.99 Å². The molecule has 1 aliphatic carbocycles. The Hall–Kier alpha value is -2.45. The highest BCUT2D eigenvalue weighted by Crippen LogP contribution is 2.33. The number of benzene rings is 1. The zero-order valence-corrected chi connectivity index (χ0v) is 18.6. The van der Waals surface area contributed by atoms with E-state index in [1.165, 1.54) is 32.1 Å². The summed E-state index contributed by atoms with van der Waals surface area (Å²) in [6.45, 7) is 8.02. The van der Waals surface area contributed by atoms with E-state index in [1.807, 2.05) is 22.8 Å². The van der Waals surface area contributed by atoms with Crippen LogP contribution in [0.5, 0.6) is 0 Å².